The fourth-order valence-corrected chi connectivity index (χ4v) is 10.3. The average Bonchev–Trinajstić information content (AvgIpc) is 3.58. The van der Waals surface area contributed by atoms with Gasteiger partial charge in [-0.15, -0.1) is 11.8 Å². The van der Waals surface area contributed by atoms with E-state index in [1.807, 2.05) is 0 Å². The molecule has 2 aliphatic heterocycles. The summed E-state index contributed by atoms with van der Waals surface area (Å²) in [5.74, 6) is -2.72. The van der Waals surface area contributed by atoms with E-state index in [-0.39, 0.29) is 45.6 Å². The van der Waals surface area contributed by atoms with Crippen LogP contribution in [0, 0.1) is 29.6 Å². The molecule has 4 aliphatic rings. The van der Waals surface area contributed by atoms with E-state index in [1.54, 1.807) is 11.8 Å². The second-order valence-corrected chi connectivity index (χ2v) is 12.5. The Morgan fingerprint density at radius 3 is 2.36 bits per heavy atom. The number of benzene rings is 1. The van der Waals surface area contributed by atoms with Crippen molar-refractivity contribution < 1.29 is 19.5 Å². The Morgan fingerprint density at radius 1 is 1.11 bits per heavy atom. The van der Waals surface area contributed by atoms with Crippen LogP contribution in [0.1, 0.15) is 43.6 Å². The SMILES string of the molecule is CCN(CC)c1ccc([C@@H]2c3sc(=O)[nH]c3S[C@@H]3[C@H]4C[C@@H]([C@@H]5C(=O)N([C@H](C)C(=O)O)C(=O)[C@H]45)[C@@H]23)cc1. The van der Waals surface area contributed by atoms with Gasteiger partial charge in [-0.1, -0.05) is 23.5 Å². The molecule has 1 aromatic heterocycles. The van der Waals surface area contributed by atoms with Crippen molar-refractivity contribution in [3.05, 3.63) is 44.4 Å². The average molecular weight is 528 g/mol. The molecular formula is C26H29N3O5S2. The summed E-state index contributed by atoms with van der Waals surface area (Å²) in [7, 11) is 0. The lowest BCUT2D eigenvalue weighted by molar-refractivity contribution is -0.154. The second kappa shape index (κ2) is 8.48. The predicted molar refractivity (Wildman–Crippen MR) is 137 cm³/mol. The van der Waals surface area contributed by atoms with Crippen molar-refractivity contribution in [1.29, 1.82) is 0 Å². The van der Waals surface area contributed by atoms with Crippen molar-refractivity contribution in [3.63, 3.8) is 0 Å². The van der Waals surface area contributed by atoms with E-state index < -0.39 is 23.8 Å². The molecular weight excluding hydrogens is 498 g/mol. The van der Waals surface area contributed by atoms with Gasteiger partial charge in [-0.2, -0.15) is 0 Å². The fourth-order valence-electron chi connectivity index (χ4n) is 7.39. The third-order valence-corrected chi connectivity index (χ3v) is 11.5. The van der Waals surface area contributed by atoms with E-state index in [4.69, 9.17) is 0 Å². The van der Waals surface area contributed by atoms with Crippen LogP contribution >= 0.6 is 23.1 Å². The van der Waals surface area contributed by atoms with Crippen molar-refractivity contribution in [2.24, 2.45) is 29.6 Å². The van der Waals surface area contributed by atoms with Gasteiger partial charge in [0.05, 0.1) is 16.9 Å². The molecule has 36 heavy (non-hydrogen) atoms. The Labute approximate surface area is 217 Å². The molecule has 8 nitrogen and oxygen atoms in total. The molecule has 2 saturated carbocycles. The standard InChI is InChI=1S/C26H29N3O5S2/c1-4-28(5-2)13-8-6-12(7-9-13)16-17-14-10-15(20(17)35-22-21(16)36-26(34)27-22)19-18(14)23(30)29(24(19)31)11(3)25(32)33/h6-9,11,14-20H,4-5,10H2,1-3H3,(H,27,34)(H,32,33)/t11-,14-,15+,16+,17+,18+,19-,20-/m1/s1. The molecule has 3 fully saturated rings. The maximum Gasteiger partial charge on any atom is 0.326 e. The molecule has 2 aliphatic carbocycles. The zero-order valence-corrected chi connectivity index (χ0v) is 22.0. The summed E-state index contributed by atoms with van der Waals surface area (Å²) < 4.78 is 0. The Hall–Kier alpha value is -2.59. The number of aromatic nitrogens is 1. The van der Waals surface area contributed by atoms with Crippen LogP contribution in [0.4, 0.5) is 5.69 Å². The second-order valence-electron chi connectivity index (χ2n) is 10.3. The molecule has 6 rings (SSSR count). The number of imide groups is 1. The van der Waals surface area contributed by atoms with E-state index in [0.29, 0.717) is 0 Å². The minimum absolute atomic E-state index is 0.00792. The fraction of sp³-hybridized carbons (Fsp3) is 0.538. The monoisotopic (exact) mass is 527 g/mol. The van der Waals surface area contributed by atoms with Crippen LogP contribution in [0.5, 0.6) is 0 Å². The van der Waals surface area contributed by atoms with E-state index in [0.717, 1.165) is 45.6 Å². The first-order valence-corrected chi connectivity index (χ1v) is 14.3. The summed E-state index contributed by atoms with van der Waals surface area (Å²) in [6.45, 7) is 7.50. The predicted octanol–water partition coefficient (Wildman–Crippen LogP) is 3.23. The Kier molecular flexibility index (Phi) is 5.60. The number of carboxylic acids is 1. The first-order chi connectivity index (χ1) is 17.3. The number of carbonyl (C=O) groups excluding carboxylic acids is 2. The third-order valence-electron chi connectivity index (χ3n) is 8.88. The summed E-state index contributed by atoms with van der Waals surface area (Å²) >= 11 is 2.88. The molecule has 190 valence electrons. The molecule has 1 aromatic carbocycles. The lowest BCUT2D eigenvalue weighted by atomic mass is 9.68. The third kappa shape index (κ3) is 3.19. The highest BCUT2D eigenvalue weighted by molar-refractivity contribution is 8.00. The number of rotatable bonds is 6. The van der Waals surface area contributed by atoms with Gasteiger partial charge in [-0.05, 0) is 62.6 Å². The molecule has 0 unspecified atom stereocenters. The molecule has 0 radical (unpaired) electrons. The summed E-state index contributed by atoms with van der Waals surface area (Å²) in [5.41, 5.74) is 2.27. The summed E-state index contributed by atoms with van der Waals surface area (Å²) in [6.07, 6.45) is 0.789. The number of nitrogens with zero attached hydrogens (tertiary/aromatic N) is 2. The zero-order valence-electron chi connectivity index (χ0n) is 20.3. The number of aromatic amines is 1. The zero-order chi connectivity index (χ0) is 25.5. The van der Waals surface area contributed by atoms with E-state index in [2.05, 4.69) is 48.0 Å². The summed E-state index contributed by atoms with van der Waals surface area (Å²) in [5, 5.41) is 10.5. The first-order valence-electron chi connectivity index (χ1n) is 12.6. The van der Waals surface area contributed by atoms with Crippen LogP contribution in [0.25, 0.3) is 0 Å². The number of amides is 2. The summed E-state index contributed by atoms with van der Waals surface area (Å²) in [6, 6.07) is 7.38. The van der Waals surface area contributed by atoms with Gasteiger partial charge in [0.2, 0.25) is 11.8 Å². The van der Waals surface area contributed by atoms with Crippen LogP contribution in [0.15, 0.2) is 34.1 Å². The van der Waals surface area contributed by atoms with Crippen molar-refractivity contribution in [2.75, 3.05) is 18.0 Å². The molecule has 2 aromatic rings. The number of hydrogen-bond donors (Lipinski definition) is 2. The summed E-state index contributed by atoms with van der Waals surface area (Å²) in [4.78, 5) is 58.1. The normalized spacial score (nSPS) is 32.9. The van der Waals surface area contributed by atoms with E-state index in [1.165, 1.54) is 18.3 Å². The Balaban J connectivity index is 1.41. The molecule has 2 amide bonds. The van der Waals surface area contributed by atoms with Gasteiger partial charge >= 0.3 is 10.8 Å². The van der Waals surface area contributed by atoms with Crippen LogP contribution in [0.3, 0.4) is 0 Å². The number of carboxylic acid groups (broad SMARTS) is 1. The van der Waals surface area contributed by atoms with Crippen molar-refractivity contribution in [2.45, 2.75) is 49.4 Å². The minimum Gasteiger partial charge on any atom is -0.480 e. The van der Waals surface area contributed by atoms with Crippen molar-refractivity contribution in [3.8, 4) is 0 Å². The number of nitrogens with one attached hydrogen (secondary N) is 1. The molecule has 8 atom stereocenters. The first kappa shape index (κ1) is 23.8. The molecule has 1 saturated heterocycles. The number of carbonyl (C=O) groups is 3. The number of H-pyrrole nitrogens is 1. The van der Waals surface area contributed by atoms with E-state index >= 15 is 0 Å². The maximum atomic E-state index is 13.5. The maximum absolute atomic E-state index is 13.5. The van der Waals surface area contributed by atoms with Crippen molar-refractivity contribution >= 4 is 46.6 Å². The van der Waals surface area contributed by atoms with Gasteiger partial charge in [0.1, 0.15) is 6.04 Å². The Morgan fingerprint density at radius 2 is 1.75 bits per heavy atom. The lowest BCUT2D eigenvalue weighted by Gasteiger charge is -2.43. The number of aliphatic carboxylic acids is 1. The quantitative estimate of drug-likeness (QED) is 0.555. The largest absolute Gasteiger partial charge is 0.480 e. The van der Waals surface area contributed by atoms with E-state index in [9.17, 15) is 24.3 Å². The molecule has 0 spiro atoms. The van der Waals surface area contributed by atoms with Crippen LogP contribution < -0.4 is 9.77 Å². The van der Waals surface area contributed by atoms with Gasteiger partial charge in [-0.25, -0.2) is 4.79 Å². The molecule has 10 heteroatoms. The Bertz CT molecular complexity index is 1300. The van der Waals surface area contributed by atoms with Gasteiger partial charge in [0.25, 0.3) is 0 Å². The van der Waals surface area contributed by atoms with Gasteiger partial charge in [0.15, 0.2) is 0 Å². The topological polar surface area (TPSA) is 111 Å². The van der Waals surface area contributed by atoms with Crippen LogP contribution in [-0.2, 0) is 14.4 Å². The highest BCUT2D eigenvalue weighted by Gasteiger charge is 2.70. The number of fused-ring (bicyclic) bond motifs is 9. The minimum atomic E-state index is -1.17. The van der Waals surface area contributed by atoms with Crippen LogP contribution in [0.2, 0.25) is 0 Å². The number of thiazole rings is 1. The number of anilines is 1. The number of thioether (sulfide) groups is 1. The van der Waals surface area contributed by atoms with Gasteiger partial charge in [0, 0.05) is 34.8 Å². The molecule has 2 bridgehead atoms. The highest BCUT2D eigenvalue weighted by atomic mass is 32.2. The molecule has 2 N–H and O–H groups in total. The molecule has 3 heterocycles. The number of likely N-dealkylation sites (tertiary alicyclic amines) is 1. The van der Waals surface area contributed by atoms with Crippen LogP contribution in [-0.4, -0.2) is 57.2 Å². The van der Waals surface area contributed by atoms with Gasteiger partial charge in [-0.3, -0.25) is 19.3 Å². The van der Waals surface area contributed by atoms with Crippen molar-refractivity contribution in [1.82, 2.24) is 9.88 Å². The van der Waals surface area contributed by atoms with Gasteiger partial charge < -0.3 is 15.0 Å². The number of hydrogen-bond acceptors (Lipinski definition) is 7. The highest BCUT2D eigenvalue weighted by Crippen LogP contribution is 2.68. The smallest absolute Gasteiger partial charge is 0.326 e. The lowest BCUT2D eigenvalue weighted by Crippen LogP contribution is -2.44.